The Kier molecular flexibility index (Phi) is 9.77. The Morgan fingerprint density at radius 1 is 1.10 bits per heavy atom. The fourth-order valence-electron chi connectivity index (χ4n) is 5.21. The summed E-state index contributed by atoms with van der Waals surface area (Å²) >= 11 is 0. The van der Waals surface area contributed by atoms with Crippen LogP contribution in [0.4, 0.5) is 19.3 Å². The van der Waals surface area contributed by atoms with E-state index in [9.17, 15) is 22.0 Å². The van der Waals surface area contributed by atoms with Gasteiger partial charge in [-0.05, 0) is 76.6 Å². The van der Waals surface area contributed by atoms with Crippen molar-refractivity contribution in [2.75, 3.05) is 32.0 Å². The lowest BCUT2D eigenvalue weighted by atomic mass is 10.0. The highest BCUT2D eigenvalue weighted by molar-refractivity contribution is 7.89. The molecule has 2 aromatic carbocycles. The highest BCUT2D eigenvalue weighted by Crippen LogP contribution is 2.25. The number of unbranched alkanes of at least 4 members (excludes halogenated alkanes) is 1. The molecule has 1 aromatic heterocycles. The van der Waals surface area contributed by atoms with Crippen molar-refractivity contribution in [1.29, 1.82) is 0 Å². The van der Waals surface area contributed by atoms with Crippen LogP contribution in [0.25, 0.3) is 5.69 Å². The van der Waals surface area contributed by atoms with E-state index in [4.69, 9.17) is 5.10 Å². The lowest BCUT2D eigenvalue weighted by Crippen LogP contribution is -2.49. The molecule has 0 bridgehead atoms. The number of rotatable bonds is 10. The summed E-state index contributed by atoms with van der Waals surface area (Å²) in [5, 5.41) is 7.35. The number of halogens is 2. The number of piperidine rings is 1. The summed E-state index contributed by atoms with van der Waals surface area (Å²) in [4.78, 5) is 17.5. The van der Waals surface area contributed by atoms with Crippen molar-refractivity contribution in [3.05, 3.63) is 71.1 Å². The number of hydrogen-bond acceptors (Lipinski definition) is 5. The van der Waals surface area contributed by atoms with Gasteiger partial charge in [0.15, 0.2) is 0 Å². The molecule has 4 rings (SSSR count). The predicted octanol–water partition coefficient (Wildman–Crippen LogP) is 4.97. The summed E-state index contributed by atoms with van der Waals surface area (Å²) in [6.45, 7) is 8.87. The van der Waals surface area contributed by atoms with Gasteiger partial charge >= 0.3 is 6.03 Å². The molecule has 12 heteroatoms. The largest absolute Gasteiger partial charge is 0.322 e. The van der Waals surface area contributed by atoms with Gasteiger partial charge in [0.25, 0.3) is 0 Å². The first-order valence-corrected chi connectivity index (χ1v) is 15.4. The van der Waals surface area contributed by atoms with Crippen LogP contribution in [-0.2, 0) is 16.6 Å². The second-order valence-electron chi connectivity index (χ2n) is 10.4. The number of nitrogens with zero attached hydrogens (tertiary/aromatic N) is 4. The molecule has 3 aromatic rings. The van der Waals surface area contributed by atoms with Crippen molar-refractivity contribution in [3.8, 4) is 5.69 Å². The van der Waals surface area contributed by atoms with Gasteiger partial charge in [-0.15, -0.1) is 0 Å². The van der Waals surface area contributed by atoms with Gasteiger partial charge in [-0.1, -0.05) is 13.3 Å². The van der Waals surface area contributed by atoms with Crippen LogP contribution in [0.2, 0.25) is 0 Å². The Morgan fingerprint density at radius 3 is 2.39 bits per heavy atom. The first-order chi connectivity index (χ1) is 19.5. The highest BCUT2D eigenvalue weighted by Gasteiger charge is 2.29. The second kappa shape index (κ2) is 13.1. The number of hydrogen-bond donors (Lipinski definition) is 2. The zero-order chi connectivity index (χ0) is 29.7. The van der Waals surface area contributed by atoms with E-state index in [1.54, 1.807) is 29.2 Å². The minimum absolute atomic E-state index is 0.0126. The molecule has 41 heavy (non-hydrogen) atoms. The van der Waals surface area contributed by atoms with Crippen molar-refractivity contribution >= 4 is 21.7 Å². The molecular weight excluding hydrogens is 550 g/mol. The molecule has 0 atom stereocenters. The molecule has 0 saturated carbocycles. The minimum atomic E-state index is -3.52. The molecule has 0 radical (unpaired) electrons. The number of urea groups is 1. The first kappa shape index (κ1) is 30.6. The highest BCUT2D eigenvalue weighted by atomic mass is 32.2. The van der Waals surface area contributed by atoms with E-state index < -0.39 is 21.7 Å². The number of nitrogens with one attached hydrogen (secondary N) is 2. The number of sulfonamides is 1. The zero-order valence-corrected chi connectivity index (χ0v) is 24.8. The molecule has 1 saturated heterocycles. The van der Waals surface area contributed by atoms with Gasteiger partial charge in [0.2, 0.25) is 10.0 Å². The molecule has 2 N–H and O–H groups in total. The molecule has 9 nitrogen and oxygen atoms in total. The SMILES string of the molecule is CCCCN(C(=O)Nc1ccc(F)cc1F)C1CCN(Cc2c(C)nn(-c3ccc(S(=O)(=O)NC)cc3)c2C)CC1. The standard InChI is InChI=1S/C29H38F2N6O3S/c1-5-6-15-36(29(38)33-28-12-7-22(30)18-27(28)31)23-13-16-35(17-14-23)19-26-20(2)34-37(21(26)3)24-8-10-25(11-9-24)41(39,40)32-4/h7-12,18,23,32H,5-6,13-17,19H2,1-4H3,(H,33,38). The van der Waals surface area contributed by atoms with Gasteiger partial charge in [0, 0.05) is 49.5 Å². The quantitative estimate of drug-likeness (QED) is 0.348. The normalized spacial score (nSPS) is 14.8. The molecule has 0 unspecified atom stereocenters. The van der Waals surface area contributed by atoms with Crippen LogP contribution in [0.1, 0.15) is 49.6 Å². The molecule has 1 fully saturated rings. The van der Waals surface area contributed by atoms with E-state index >= 15 is 0 Å². The second-order valence-corrected chi connectivity index (χ2v) is 12.3. The fourth-order valence-corrected chi connectivity index (χ4v) is 5.94. The summed E-state index contributed by atoms with van der Waals surface area (Å²) in [7, 11) is -2.13. The number of carbonyl (C=O) groups is 1. The maximum Gasteiger partial charge on any atom is 0.322 e. The average molecular weight is 589 g/mol. The third-order valence-corrected chi connectivity index (χ3v) is 9.10. The van der Waals surface area contributed by atoms with E-state index in [-0.39, 0.29) is 22.7 Å². The Balaban J connectivity index is 1.41. The monoisotopic (exact) mass is 588 g/mol. The summed E-state index contributed by atoms with van der Waals surface area (Å²) in [5.74, 6) is -1.49. The van der Waals surface area contributed by atoms with Crippen LogP contribution in [-0.4, -0.2) is 66.8 Å². The zero-order valence-electron chi connectivity index (χ0n) is 24.0. The molecule has 2 heterocycles. The van der Waals surface area contributed by atoms with Crippen molar-refractivity contribution < 1.29 is 22.0 Å². The Morgan fingerprint density at radius 2 is 1.78 bits per heavy atom. The molecule has 0 spiro atoms. The van der Waals surface area contributed by atoms with Crippen molar-refractivity contribution in [2.45, 2.75) is 63.9 Å². The van der Waals surface area contributed by atoms with Crippen LogP contribution in [0.3, 0.4) is 0 Å². The van der Waals surface area contributed by atoms with Gasteiger partial charge in [-0.2, -0.15) is 5.10 Å². The van der Waals surface area contributed by atoms with Gasteiger partial charge in [0.1, 0.15) is 11.6 Å². The number of likely N-dealkylation sites (tertiary alicyclic amines) is 1. The maximum atomic E-state index is 14.2. The maximum absolute atomic E-state index is 14.2. The molecule has 222 valence electrons. The summed E-state index contributed by atoms with van der Waals surface area (Å²) in [6, 6.07) is 9.39. The third-order valence-electron chi connectivity index (χ3n) is 7.67. The molecule has 2 amide bonds. The fraction of sp³-hybridized carbons (Fsp3) is 0.448. The van der Waals surface area contributed by atoms with Gasteiger partial charge < -0.3 is 10.2 Å². The molecule has 1 aliphatic heterocycles. The number of benzene rings is 2. The van der Waals surface area contributed by atoms with Gasteiger partial charge in [-0.25, -0.2) is 31.4 Å². The van der Waals surface area contributed by atoms with Crippen molar-refractivity contribution in [2.24, 2.45) is 0 Å². The van der Waals surface area contributed by atoms with E-state index in [1.165, 1.54) is 13.1 Å². The number of amides is 2. The lowest BCUT2D eigenvalue weighted by Gasteiger charge is -2.38. The van der Waals surface area contributed by atoms with E-state index in [1.807, 2.05) is 18.5 Å². The third kappa shape index (κ3) is 7.11. The van der Waals surface area contributed by atoms with Crippen LogP contribution >= 0.6 is 0 Å². The molecule has 0 aliphatic carbocycles. The van der Waals surface area contributed by atoms with Crippen molar-refractivity contribution in [1.82, 2.24) is 24.3 Å². The van der Waals surface area contributed by atoms with Crippen molar-refractivity contribution in [3.63, 3.8) is 0 Å². The number of aromatic nitrogens is 2. The number of carbonyl (C=O) groups excluding carboxylic acids is 1. The molecular formula is C29H38F2N6O3S. The van der Waals surface area contributed by atoms with Crippen LogP contribution in [0.5, 0.6) is 0 Å². The number of anilines is 1. The number of aryl methyl sites for hydroxylation is 1. The van der Waals surface area contributed by atoms with Crippen LogP contribution < -0.4 is 10.0 Å². The van der Waals surface area contributed by atoms with Gasteiger partial charge in [0.05, 0.1) is 22.0 Å². The average Bonchev–Trinajstić information content (AvgIpc) is 3.24. The summed E-state index contributed by atoms with van der Waals surface area (Å²) in [5.41, 5.74) is 3.75. The van der Waals surface area contributed by atoms with E-state index in [0.29, 0.717) is 13.1 Å². The molecule has 1 aliphatic rings. The summed E-state index contributed by atoms with van der Waals surface area (Å²) in [6.07, 6.45) is 3.30. The van der Waals surface area contributed by atoms with E-state index in [0.717, 1.165) is 73.5 Å². The van der Waals surface area contributed by atoms with E-state index in [2.05, 4.69) is 21.9 Å². The summed E-state index contributed by atoms with van der Waals surface area (Å²) < 4.78 is 55.8. The smallest absolute Gasteiger partial charge is 0.321 e. The predicted molar refractivity (Wildman–Crippen MR) is 155 cm³/mol. The Hall–Kier alpha value is -3.35. The van der Waals surface area contributed by atoms with Gasteiger partial charge in [-0.3, -0.25) is 4.90 Å². The topological polar surface area (TPSA) is 99.6 Å². The van der Waals surface area contributed by atoms with Crippen LogP contribution in [0.15, 0.2) is 47.4 Å². The Labute approximate surface area is 240 Å². The Bertz CT molecular complexity index is 1470. The minimum Gasteiger partial charge on any atom is -0.321 e. The van der Waals surface area contributed by atoms with Crippen LogP contribution in [0, 0.1) is 25.5 Å². The lowest BCUT2D eigenvalue weighted by molar-refractivity contribution is 0.122. The first-order valence-electron chi connectivity index (χ1n) is 13.9.